The zero-order valence-electron chi connectivity index (χ0n) is 8.67. The number of phenols is 1. The van der Waals surface area contributed by atoms with E-state index in [4.69, 9.17) is 0 Å². The molecule has 0 spiro atoms. The van der Waals surface area contributed by atoms with Crippen molar-refractivity contribution in [3.8, 4) is 5.75 Å². The topological polar surface area (TPSA) is 40.5 Å². The Hall–Kier alpha value is -1.02. The minimum atomic E-state index is -0.450. The van der Waals surface area contributed by atoms with Gasteiger partial charge in [-0.1, -0.05) is 6.07 Å². The molecule has 1 aliphatic carbocycles. The van der Waals surface area contributed by atoms with Crippen LogP contribution in [0.3, 0.4) is 0 Å². The summed E-state index contributed by atoms with van der Waals surface area (Å²) in [4.78, 5) is 0. The van der Waals surface area contributed by atoms with E-state index in [-0.39, 0.29) is 0 Å². The van der Waals surface area contributed by atoms with Crippen LogP contribution in [0.15, 0.2) is 12.1 Å². The molecular formula is C12H16O2. The molecule has 2 heteroatoms. The van der Waals surface area contributed by atoms with Gasteiger partial charge >= 0.3 is 0 Å². The third-order valence-electron chi connectivity index (χ3n) is 3.22. The maximum atomic E-state index is 9.80. The number of aliphatic hydroxyl groups is 1. The minimum absolute atomic E-state index is 0.342. The fraction of sp³-hybridized carbons (Fsp3) is 0.500. The summed E-state index contributed by atoms with van der Waals surface area (Å²) >= 11 is 0. The molecule has 1 aromatic carbocycles. The Kier molecular flexibility index (Phi) is 2.04. The number of benzene rings is 1. The molecule has 0 unspecified atom stereocenters. The van der Waals surface area contributed by atoms with Crippen LogP contribution in [0, 0.1) is 13.8 Å². The standard InChI is InChI=1S/C12H16O2/c1-8-9(2)11(13)4-3-10(8)7-12(14)5-6-12/h3-4,13-14H,5-7H2,1-2H3. The summed E-state index contributed by atoms with van der Waals surface area (Å²) in [6, 6.07) is 3.62. The van der Waals surface area contributed by atoms with Crippen molar-refractivity contribution >= 4 is 0 Å². The second-order valence-electron chi connectivity index (χ2n) is 4.39. The van der Waals surface area contributed by atoms with Crippen LogP contribution in [0.5, 0.6) is 5.75 Å². The average molecular weight is 192 g/mol. The molecule has 0 heterocycles. The van der Waals surface area contributed by atoms with Crippen molar-refractivity contribution < 1.29 is 10.2 Å². The normalized spacial score (nSPS) is 18.2. The van der Waals surface area contributed by atoms with Crippen molar-refractivity contribution in [3.05, 3.63) is 28.8 Å². The van der Waals surface area contributed by atoms with Crippen molar-refractivity contribution in [2.75, 3.05) is 0 Å². The first kappa shape index (κ1) is 9.53. The number of phenolic OH excluding ortho intramolecular Hbond substituents is 1. The van der Waals surface area contributed by atoms with Crippen LogP contribution in [0.2, 0.25) is 0 Å². The van der Waals surface area contributed by atoms with Gasteiger partial charge in [-0.05, 0) is 49.4 Å². The Bertz CT molecular complexity index is 365. The van der Waals surface area contributed by atoms with Crippen LogP contribution < -0.4 is 0 Å². The third-order valence-corrected chi connectivity index (χ3v) is 3.22. The van der Waals surface area contributed by atoms with Gasteiger partial charge in [-0.25, -0.2) is 0 Å². The molecule has 76 valence electrons. The third kappa shape index (κ3) is 1.62. The highest BCUT2D eigenvalue weighted by molar-refractivity contribution is 5.43. The average Bonchev–Trinajstić information content (AvgIpc) is 2.86. The lowest BCUT2D eigenvalue weighted by molar-refractivity contribution is 0.150. The molecule has 1 saturated carbocycles. The summed E-state index contributed by atoms with van der Waals surface area (Å²) in [6.45, 7) is 3.90. The van der Waals surface area contributed by atoms with E-state index in [0.717, 1.165) is 36.0 Å². The van der Waals surface area contributed by atoms with Crippen LogP contribution in [-0.2, 0) is 6.42 Å². The van der Waals surface area contributed by atoms with Crippen molar-refractivity contribution in [2.45, 2.75) is 38.7 Å². The van der Waals surface area contributed by atoms with Gasteiger partial charge in [-0.15, -0.1) is 0 Å². The van der Waals surface area contributed by atoms with Crippen LogP contribution >= 0.6 is 0 Å². The Morgan fingerprint density at radius 1 is 1.21 bits per heavy atom. The quantitative estimate of drug-likeness (QED) is 0.753. The van der Waals surface area contributed by atoms with E-state index in [9.17, 15) is 10.2 Å². The van der Waals surface area contributed by atoms with Crippen molar-refractivity contribution in [1.29, 1.82) is 0 Å². The predicted molar refractivity (Wildman–Crippen MR) is 55.5 cm³/mol. The zero-order chi connectivity index (χ0) is 10.3. The first-order valence-corrected chi connectivity index (χ1v) is 5.02. The molecule has 0 saturated heterocycles. The molecule has 1 aliphatic rings. The predicted octanol–water partition coefficient (Wildman–Crippen LogP) is 2.08. The second kappa shape index (κ2) is 2.99. The zero-order valence-corrected chi connectivity index (χ0v) is 8.67. The highest BCUT2D eigenvalue weighted by Crippen LogP contribution is 2.39. The summed E-state index contributed by atoms with van der Waals surface area (Å²) in [5.74, 6) is 0.342. The van der Waals surface area contributed by atoms with Gasteiger partial charge in [0, 0.05) is 6.42 Å². The monoisotopic (exact) mass is 192 g/mol. The van der Waals surface area contributed by atoms with Gasteiger partial charge in [-0.3, -0.25) is 0 Å². The van der Waals surface area contributed by atoms with E-state index in [1.54, 1.807) is 6.07 Å². The van der Waals surface area contributed by atoms with E-state index < -0.39 is 5.60 Å². The Morgan fingerprint density at radius 2 is 1.86 bits per heavy atom. The SMILES string of the molecule is Cc1c(O)ccc(CC2(O)CC2)c1C. The molecule has 2 N–H and O–H groups in total. The van der Waals surface area contributed by atoms with Gasteiger partial charge in [0.15, 0.2) is 0 Å². The molecular weight excluding hydrogens is 176 g/mol. The van der Waals surface area contributed by atoms with E-state index in [1.807, 2.05) is 19.9 Å². The molecule has 0 aliphatic heterocycles. The molecule has 2 nitrogen and oxygen atoms in total. The summed E-state index contributed by atoms with van der Waals surface area (Å²) in [5.41, 5.74) is 2.73. The molecule has 0 amide bonds. The van der Waals surface area contributed by atoms with Gasteiger partial charge < -0.3 is 10.2 Å². The van der Waals surface area contributed by atoms with Crippen LogP contribution in [0.4, 0.5) is 0 Å². The lowest BCUT2D eigenvalue weighted by atomic mass is 9.97. The van der Waals surface area contributed by atoms with Crippen molar-refractivity contribution in [1.82, 2.24) is 0 Å². The number of rotatable bonds is 2. The van der Waals surface area contributed by atoms with E-state index >= 15 is 0 Å². The Balaban J connectivity index is 2.30. The van der Waals surface area contributed by atoms with Crippen LogP contribution in [-0.4, -0.2) is 15.8 Å². The first-order valence-electron chi connectivity index (χ1n) is 5.02. The molecule has 14 heavy (non-hydrogen) atoms. The van der Waals surface area contributed by atoms with Crippen molar-refractivity contribution in [2.24, 2.45) is 0 Å². The summed E-state index contributed by atoms with van der Waals surface area (Å²) < 4.78 is 0. The molecule has 1 fully saturated rings. The lowest BCUT2D eigenvalue weighted by Gasteiger charge is -2.13. The summed E-state index contributed by atoms with van der Waals surface area (Å²) in [6.07, 6.45) is 2.54. The van der Waals surface area contributed by atoms with Crippen LogP contribution in [0.1, 0.15) is 29.5 Å². The van der Waals surface area contributed by atoms with Gasteiger partial charge in [0.05, 0.1) is 5.60 Å². The first-order chi connectivity index (χ1) is 6.52. The van der Waals surface area contributed by atoms with Crippen molar-refractivity contribution in [3.63, 3.8) is 0 Å². The molecule has 0 radical (unpaired) electrons. The van der Waals surface area contributed by atoms with Crippen LogP contribution in [0.25, 0.3) is 0 Å². The minimum Gasteiger partial charge on any atom is -0.508 e. The fourth-order valence-corrected chi connectivity index (χ4v) is 1.73. The number of hydrogen-bond acceptors (Lipinski definition) is 2. The van der Waals surface area contributed by atoms with Gasteiger partial charge in [0.25, 0.3) is 0 Å². The van der Waals surface area contributed by atoms with Gasteiger partial charge in [0.2, 0.25) is 0 Å². The maximum Gasteiger partial charge on any atom is 0.118 e. The molecule has 2 rings (SSSR count). The molecule has 0 aromatic heterocycles. The second-order valence-corrected chi connectivity index (χ2v) is 4.39. The smallest absolute Gasteiger partial charge is 0.118 e. The number of aromatic hydroxyl groups is 1. The summed E-state index contributed by atoms with van der Waals surface area (Å²) in [5, 5.41) is 19.3. The Morgan fingerprint density at radius 3 is 2.43 bits per heavy atom. The maximum absolute atomic E-state index is 9.80. The van der Waals surface area contributed by atoms with Gasteiger partial charge in [0.1, 0.15) is 5.75 Å². The molecule has 1 aromatic rings. The molecule has 0 bridgehead atoms. The van der Waals surface area contributed by atoms with E-state index in [0.29, 0.717) is 5.75 Å². The number of hydrogen-bond donors (Lipinski definition) is 2. The molecule has 0 atom stereocenters. The Labute approximate surface area is 84.2 Å². The lowest BCUT2D eigenvalue weighted by Crippen LogP contribution is -2.12. The highest BCUT2D eigenvalue weighted by Gasteiger charge is 2.40. The van der Waals surface area contributed by atoms with E-state index in [1.165, 1.54) is 0 Å². The summed E-state index contributed by atoms with van der Waals surface area (Å²) in [7, 11) is 0. The fourth-order valence-electron chi connectivity index (χ4n) is 1.73. The van der Waals surface area contributed by atoms with E-state index in [2.05, 4.69) is 0 Å². The highest BCUT2D eigenvalue weighted by atomic mass is 16.3. The largest absolute Gasteiger partial charge is 0.508 e. The van der Waals surface area contributed by atoms with Gasteiger partial charge in [-0.2, -0.15) is 0 Å².